The molecule has 0 amide bonds. The second-order valence-corrected chi connectivity index (χ2v) is 7.99. The Labute approximate surface area is 164 Å². The normalized spacial score (nSPS) is 16.9. The number of aryl methyl sites for hydroxylation is 1. The van der Waals surface area contributed by atoms with E-state index in [1.54, 1.807) is 0 Å². The van der Waals surface area contributed by atoms with Crippen molar-refractivity contribution in [2.24, 2.45) is 0 Å². The fourth-order valence-electron chi connectivity index (χ4n) is 3.93. The van der Waals surface area contributed by atoms with Crippen LogP contribution in [0.3, 0.4) is 0 Å². The molecule has 3 aromatic rings. The molecular weight excluding hydrogens is 363 g/mol. The first-order chi connectivity index (χ1) is 12.7. The first-order valence-electron chi connectivity index (χ1n) is 9.22. The Bertz CT molecular complexity index is 866. The molecule has 4 heteroatoms. The Kier molecular flexibility index (Phi) is 5.33. The van der Waals surface area contributed by atoms with Crippen molar-refractivity contribution in [2.45, 2.75) is 44.6 Å². The van der Waals surface area contributed by atoms with E-state index < -0.39 is 0 Å². The number of hydrogen-bond acceptors (Lipinski definition) is 1. The van der Waals surface area contributed by atoms with E-state index in [2.05, 4.69) is 35.1 Å². The molecule has 1 aliphatic rings. The lowest BCUT2D eigenvalue weighted by molar-refractivity contribution is 0.532. The zero-order valence-electron chi connectivity index (χ0n) is 14.7. The molecule has 26 heavy (non-hydrogen) atoms. The average Bonchev–Trinajstić information content (AvgIpc) is 2.92. The van der Waals surface area contributed by atoms with Gasteiger partial charge in [0.2, 0.25) is 0 Å². The standard InChI is InChI=1S/C22H22Cl2N2/c23-20-9-5-16(6-10-20)13-18-3-1-2-4-19-14-25-26(22(18)19)15-17-7-11-21(24)12-8-17/h5-12,14,18H,1-4,13,15H2. The van der Waals surface area contributed by atoms with Gasteiger partial charge in [0, 0.05) is 21.7 Å². The Hall–Kier alpha value is -1.77. The van der Waals surface area contributed by atoms with Crippen molar-refractivity contribution >= 4 is 23.2 Å². The van der Waals surface area contributed by atoms with E-state index in [0.29, 0.717) is 5.92 Å². The molecule has 134 valence electrons. The summed E-state index contributed by atoms with van der Waals surface area (Å²) in [4.78, 5) is 0. The monoisotopic (exact) mass is 384 g/mol. The fourth-order valence-corrected chi connectivity index (χ4v) is 4.19. The maximum Gasteiger partial charge on any atom is 0.0662 e. The van der Waals surface area contributed by atoms with Gasteiger partial charge in [0.25, 0.3) is 0 Å². The Morgan fingerprint density at radius 2 is 1.54 bits per heavy atom. The molecule has 2 aromatic carbocycles. The van der Waals surface area contributed by atoms with Gasteiger partial charge in [-0.25, -0.2) is 0 Å². The predicted octanol–water partition coefficient (Wildman–Crippen LogP) is 6.29. The van der Waals surface area contributed by atoms with Crippen LogP contribution < -0.4 is 0 Å². The quantitative estimate of drug-likeness (QED) is 0.483. The zero-order chi connectivity index (χ0) is 17.9. The zero-order valence-corrected chi connectivity index (χ0v) is 16.2. The highest BCUT2D eigenvalue weighted by Gasteiger charge is 2.24. The molecule has 1 atom stereocenters. The van der Waals surface area contributed by atoms with E-state index in [-0.39, 0.29) is 0 Å². The van der Waals surface area contributed by atoms with Crippen molar-refractivity contribution in [2.75, 3.05) is 0 Å². The van der Waals surface area contributed by atoms with Crippen molar-refractivity contribution in [3.8, 4) is 0 Å². The molecule has 0 saturated carbocycles. The molecule has 1 heterocycles. The first-order valence-corrected chi connectivity index (χ1v) is 9.98. The van der Waals surface area contributed by atoms with Crippen molar-refractivity contribution in [3.05, 3.63) is 87.2 Å². The van der Waals surface area contributed by atoms with E-state index in [4.69, 9.17) is 28.3 Å². The minimum Gasteiger partial charge on any atom is -0.265 e. The van der Waals surface area contributed by atoms with Crippen LogP contribution in [-0.2, 0) is 19.4 Å². The maximum atomic E-state index is 6.05. The Balaban J connectivity index is 1.63. The van der Waals surface area contributed by atoms with Crippen LogP contribution in [0.15, 0.2) is 54.7 Å². The van der Waals surface area contributed by atoms with E-state index >= 15 is 0 Å². The van der Waals surface area contributed by atoms with E-state index in [1.807, 2.05) is 24.3 Å². The van der Waals surface area contributed by atoms with Gasteiger partial charge in [-0.2, -0.15) is 5.10 Å². The van der Waals surface area contributed by atoms with Crippen LogP contribution in [0.4, 0.5) is 0 Å². The van der Waals surface area contributed by atoms with Crippen LogP contribution in [-0.4, -0.2) is 9.78 Å². The molecule has 0 bridgehead atoms. The van der Waals surface area contributed by atoms with Crippen LogP contribution in [0, 0.1) is 0 Å². The van der Waals surface area contributed by atoms with Gasteiger partial charge in [-0.15, -0.1) is 0 Å². The molecule has 1 aromatic heterocycles. The number of nitrogens with zero attached hydrogens (tertiary/aromatic N) is 2. The number of benzene rings is 2. The first kappa shape index (κ1) is 17.6. The molecule has 2 nitrogen and oxygen atoms in total. The molecule has 1 unspecified atom stereocenters. The lowest BCUT2D eigenvalue weighted by atomic mass is 9.91. The summed E-state index contributed by atoms with van der Waals surface area (Å²) in [5.41, 5.74) is 5.39. The smallest absolute Gasteiger partial charge is 0.0662 e. The molecule has 0 spiro atoms. The summed E-state index contributed by atoms with van der Waals surface area (Å²) in [6.45, 7) is 0.795. The third-order valence-corrected chi connectivity index (χ3v) is 5.74. The van der Waals surface area contributed by atoms with Gasteiger partial charge in [0.1, 0.15) is 0 Å². The highest BCUT2D eigenvalue weighted by atomic mass is 35.5. The maximum absolute atomic E-state index is 6.05. The summed E-state index contributed by atoms with van der Waals surface area (Å²) in [5, 5.41) is 6.29. The summed E-state index contributed by atoms with van der Waals surface area (Å²) in [7, 11) is 0. The molecule has 4 rings (SSSR count). The molecule has 0 aliphatic heterocycles. The highest BCUT2D eigenvalue weighted by Crippen LogP contribution is 2.33. The highest BCUT2D eigenvalue weighted by molar-refractivity contribution is 6.30. The molecule has 1 aliphatic carbocycles. The summed E-state index contributed by atoms with van der Waals surface area (Å²) in [6, 6.07) is 16.3. The molecule has 0 fully saturated rings. The van der Waals surface area contributed by atoms with Gasteiger partial charge in [-0.05, 0) is 66.6 Å². The number of halogens is 2. The lowest BCUT2D eigenvalue weighted by Crippen LogP contribution is -2.13. The van der Waals surface area contributed by atoms with Crippen molar-refractivity contribution in [3.63, 3.8) is 0 Å². The summed E-state index contributed by atoms with van der Waals surface area (Å²) >= 11 is 12.1. The Morgan fingerprint density at radius 3 is 2.23 bits per heavy atom. The summed E-state index contributed by atoms with van der Waals surface area (Å²) < 4.78 is 2.20. The van der Waals surface area contributed by atoms with E-state index in [0.717, 1.165) is 29.4 Å². The van der Waals surface area contributed by atoms with Gasteiger partial charge in [-0.3, -0.25) is 4.68 Å². The van der Waals surface area contributed by atoms with E-state index in [1.165, 1.54) is 41.6 Å². The average molecular weight is 385 g/mol. The predicted molar refractivity (Wildman–Crippen MR) is 108 cm³/mol. The largest absolute Gasteiger partial charge is 0.265 e. The van der Waals surface area contributed by atoms with Crippen LogP contribution in [0.5, 0.6) is 0 Å². The number of rotatable bonds is 4. The lowest BCUT2D eigenvalue weighted by Gasteiger charge is -2.19. The van der Waals surface area contributed by atoms with Gasteiger partial charge < -0.3 is 0 Å². The number of aromatic nitrogens is 2. The van der Waals surface area contributed by atoms with Crippen LogP contribution in [0.1, 0.15) is 47.6 Å². The summed E-state index contributed by atoms with van der Waals surface area (Å²) in [6.07, 6.45) is 7.97. The molecule has 0 radical (unpaired) electrons. The van der Waals surface area contributed by atoms with Crippen molar-refractivity contribution in [1.82, 2.24) is 9.78 Å². The fraction of sp³-hybridized carbons (Fsp3) is 0.318. The van der Waals surface area contributed by atoms with E-state index in [9.17, 15) is 0 Å². The second-order valence-electron chi connectivity index (χ2n) is 7.11. The number of fused-ring (bicyclic) bond motifs is 1. The minimum absolute atomic E-state index is 0.503. The summed E-state index contributed by atoms with van der Waals surface area (Å²) in [5.74, 6) is 0.503. The van der Waals surface area contributed by atoms with Crippen molar-refractivity contribution in [1.29, 1.82) is 0 Å². The SMILES string of the molecule is Clc1ccc(CC2CCCCc3cnn(Cc4ccc(Cl)cc4)c32)cc1. The molecular formula is C22H22Cl2N2. The Morgan fingerprint density at radius 1 is 0.885 bits per heavy atom. The minimum atomic E-state index is 0.503. The molecule has 0 N–H and O–H groups in total. The molecule has 0 saturated heterocycles. The second kappa shape index (κ2) is 7.85. The van der Waals surface area contributed by atoms with Gasteiger partial charge in [0.15, 0.2) is 0 Å². The third kappa shape index (κ3) is 3.97. The van der Waals surface area contributed by atoms with Gasteiger partial charge in [-0.1, -0.05) is 53.9 Å². The van der Waals surface area contributed by atoms with Crippen LogP contribution >= 0.6 is 23.2 Å². The van der Waals surface area contributed by atoms with Crippen LogP contribution in [0.2, 0.25) is 10.0 Å². The van der Waals surface area contributed by atoms with Crippen molar-refractivity contribution < 1.29 is 0 Å². The topological polar surface area (TPSA) is 17.8 Å². The number of hydrogen-bond donors (Lipinski definition) is 0. The van der Waals surface area contributed by atoms with Gasteiger partial charge >= 0.3 is 0 Å². The third-order valence-electron chi connectivity index (χ3n) is 5.24. The van der Waals surface area contributed by atoms with Crippen LogP contribution in [0.25, 0.3) is 0 Å². The van der Waals surface area contributed by atoms with Gasteiger partial charge in [0.05, 0.1) is 12.7 Å².